The molecule has 1 amide bonds. The van der Waals surface area contributed by atoms with Crippen LogP contribution in [0.2, 0.25) is 0 Å². The van der Waals surface area contributed by atoms with E-state index in [-0.39, 0.29) is 32.0 Å². The smallest absolute Gasteiger partial charge is 0.395 e. The maximum atomic E-state index is 12.1. The fourth-order valence-electron chi connectivity index (χ4n) is 1.34. The molecule has 0 aliphatic rings. The molecule has 102 valence electrons. The summed E-state index contributed by atoms with van der Waals surface area (Å²) in [5.74, 6) is -0.110. The van der Waals surface area contributed by atoms with Gasteiger partial charge in [-0.1, -0.05) is 0 Å². The van der Waals surface area contributed by atoms with Crippen molar-refractivity contribution in [3.63, 3.8) is 0 Å². The van der Waals surface area contributed by atoms with Crippen molar-refractivity contribution in [2.24, 2.45) is 0 Å². The molecule has 0 heterocycles. The Balaban J connectivity index is 3.97. The minimum Gasteiger partial charge on any atom is -0.395 e. The van der Waals surface area contributed by atoms with Crippen molar-refractivity contribution in [3.05, 3.63) is 0 Å². The van der Waals surface area contributed by atoms with Crippen LogP contribution in [0.5, 0.6) is 0 Å². The van der Waals surface area contributed by atoms with E-state index in [2.05, 4.69) is 0 Å². The van der Waals surface area contributed by atoms with Crippen LogP contribution in [0.4, 0.5) is 13.2 Å². The summed E-state index contributed by atoms with van der Waals surface area (Å²) in [6, 6.07) is 0. The highest BCUT2D eigenvalue weighted by Crippen LogP contribution is 2.16. The van der Waals surface area contributed by atoms with Crippen LogP contribution in [-0.4, -0.2) is 67.3 Å². The Bertz CT molecular complexity index is 232. The van der Waals surface area contributed by atoms with Crippen molar-refractivity contribution in [2.45, 2.75) is 19.0 Å². The first-order valence-corrected chi connectivity index (χ1v) is 5.36. The van der Waals surface area contributed by atoms with Gasteiger partial charge in [0.2, 0.25) is 5.91 Å². The summed E-state index contributed by atoms with van der Waals surface area (Å²) in [7, 11) is 3.20. The Kier molecular flexibility index (Phi) is 7.13. The number of aliphatic hydroxyl groups is 1. The fourth-order valence-corrected chi connectivity index (χ4v) is 1.34. The molecule has 0 aromatic rings. The largest absolute Gasteiger partial charge is 0.401 e. The van der Waals surface area contributed by atoms with E-state index in [1.807, 2.05) is 0 Å². The van der Waals surface area contributed by atoms with Crippen LogP contribution in [-0.2, 0) is 4.79 Å². The molecule has 0 aliphatic carbocycles. The van der Waals surface area contributed by atoms with Gasteiger partial charge in [-0.3, -0.25) is 9.69 Å². The lowest BCUT2D eigenvalue weighted by molar-refractivity contribution is -0.147. The lowest BCUT2D eigenvalue weighted by atomic mass is 10.2. The molecular formula is C10H19F3N2O2. The minimum absolute atomic E-state index is 0.0321. The zero-order valence-electron chi connectivity index (χ0n) is 10.1. The summed E-state index contributed by atoms with van der Waals surface area (Å²) < 4.78 is 36.4. The molecule has 0 rings (SSSR count). The van der Waals surface area contributed by atoms with E-state index < -0.39 is 12.7 Å². The van der Waals surface area contributed by atoms with Crippen LogP contribution in [0.25, 0.3) is 0 Å². The van der Waals surface area contributed by atoms with Gasteiger partial charge in [0.15, 0.2) is 0 Å². The molecule has 0 saturated carbocycles. The van der Waals surface area contributed by atoms with Crippen LogP contribution >= 0.6 is 0 Å². The normalized spacial score (nSPS) is 11.9. The van der Waals surface area contributed by atoms with Crippen LogP contribution in [0.1, 0.15) is 12.8 Å². The lowest BCUT2D eigenvalue weighted by Gasteiger charge is -2.22. The van der Waals surface area contributed by atoms with Crippen LogP contribution in [0.15, 0.2) is 0 Å². The summed E-state index contributed by atoms with van der Waals surface area (Å²) in [5.41, 5.74) is 0. The van der Waals surface area contributed by atoms with Crippen LogP contribution < -0.4 is 0 Å². The first-order valence-electron chi connectivity index (χ1n) is 5.36. The van der Waals surface area contributed by atoms with Crippen molar-refractivity contribution in [1.29, 1.82) is 0 Å². The molecule has 0 atom stereocenters. The molecule has 0 bridgehead atoms. The minimum atomic E-state index is -4.28. The second kappa shape index (κ2) is 7.50. The first kappa shape index (κ1) is 16.2. The molecule has 0 radical (unpaired) electrons. The van der Waals surface area contributed by atoms with Crippen LogP contribution in [0, 0.1) is 0 Å². The van der Waals surface area contributed by atoms with E-state index in [1.54, 1.807) is 14.1 Å². The van der Waals surface area contributed by atoms with E-state index in [0.29, 0.717) is 6.42 Å². The van der Waals surface area contributed by atoms with Gasteiger partial charge < -0.3 is 10.0 Å². The van der Waals surface area contributed by atoms with Gasteiger partial charge in [-0.25, -0.2) is 0 Å². The van der Waals surface area contributed by atoms with Gasteiger partial charge in [0.25, 0.3) is 0 Å². The first-order chi connectivity index (χ1) is 7.76. The monoisotopic (exact) mass is 256 g/mol. The van der Waals surface area contributed by atoms with Gasteiger partial charge in [-0.05, 0) is 13.0 Å². The summed E-state index contributed by atoms with van der Waals surface area (Å²) in [5, 5.41) is 8.65. The number of carbonyl (C=O) groups is 1. The van der Waals surface area contributed by atoms with Crippen molar-refractivity contribution in [3.8, 4) is 0 Å². The summed E-state index contributed by atoms with van der Waals surface area (Å²) >= 11 is 0. The average molecular weight is 256 g/mol. The lowest BCUT2D eigenvalue weighted by Crippen LogP contribution is -2.37. The number of hydrogen-bond donors (Lipinski definition) is 1. The van der Waals surface area contributed by atoms with Gasteiger partial charge in [0.1, 0.15) is 0 Å². The standard InChI is InChI=1S/C10H19F3N2O2/c1-14(2)9(17)4-3-5-15(6-7-16)8-10(11,12)13/h16H,3-8H2,1-2H3. The predicted octanol–water partition coefficient (Wildman–Crippen LogP) is 0.711. The molecule has 0 aromatic heterocycles. The fraction of sp³-hybridized carbons (Fsp3) is 0.900. The van der Waals surface area contributed by atoms with Gasteiger partial charge in [0, 0.05) is 27.1 Å². The summed E-state index contributed by atoms with van der Waals surface area (Å²) in [6.07, 6.45) is -3.71. The SMILES string of the molecule is CN(C)C(=O)CCCN(CCO)CC(F)(F)F. The number of amides is 1. The van der Waals surface area contributed by atoms with Crippen molar-refractivity contribution >= 4 is 5.91 Å². The molecule has 0 unspecified atom stereocenters. The average Bonchev–Trinajstić information content (AvgIpc) is 2.15. The molecule has 7 heteroatoms. The van der Waals surface area contributed by atoms with E-state index >= 15 is 0 Å². The Labute approximate surface area is 99.0 Å². The van der Waals surface area contributed by atoms with E-state index in [1.165, 1.54) is 4.90 Å². The number of aliphatic hydroxyl groups excluding tert-OH is 1. The van der Waals surface area contributed by atoms with Crippen LogP contribution in [0.3, 0.4) is 0 Å². The number of halogens is 3. The van der Waals surface area contributed by atoms with Gasteiger partial charge in [-0.15, -0.1) is 0 Å². The third kappa shape index (κ3) is 8.93. The van der Waals surface area contributed by atoms with Gasteiger partial charge in [0.05, 0.1) is 13.2 Å². The quantitative estimate of drug-likeness (QED) is 0.729. The van der Waals surface area contributed by atoms with Crippen molar-refractivity contribution < 1.29 is 23.1 Å². The topological polar surface area (TPSA) is 43.8 Å². The number of alkyl halides is 3. The molecular weight excluding hydrogens is 237 g/mol. The number of nitrogens with zero attached hydrogens (tertiary/aromatic N) is 2. The molecule has 0 spiro atoms. The Morgan fingerprint density at radius 1 is 1.24 bits per heavy atom. The third-order valence-corrected chi connectivity index (χ3v) is 2.18. The molecule has 17 heavy (non-hydrogen) atoms. The molecule has 1 N–H and O–H groups in total. The number of carbonyl (C=O) groups excluding carboxylic acids is 1. The molecule has 4 nitrogen and oxygen atoms in total. The highest BCUT2D eigenvalue weighted by atomic mass is 19.4. The Hall–Kier alpha value is -0.820. The van der Waals surface area contributed by atoms with E-state index in [4.69, 9.17) is 5.11 Å². The predicted molar refractivity (Wildman–Crippen MR) is 57.5 cm³/mol. The van der Waals surface area contributed by atoms with Gasteiger partial charge >= 0.3 is 6.18 Å². The molecule has 0 saturated heterocycles. The van der Waals surface area contributed by atoms with E-state index in [0.717, 1.165) is 4.90 Å². The molecule has 0 aromatic carbocycles. The van der Waals surface area contributed by atoms with Crippen molar-refractivity contribution in [2.75, 3.05) is 40.3 Å². The maximum Gasteiger partial charge on any atom is 0.401 e. The highest BCUT2D eigenvalue weighted by Gasteiger charge is 2.30. The number of rotatable bonds is 7. The second-order valence-corrected chi connectivity index (χ2v) is 4.01. The Morgan fingerprint density at radius 2 is 1.82 bits per heavy atom. The zero-order valence-corrected chi connectivity index (χ0v) is 10.1. The molecule has 0 aliphatic heterocycles. The maximum absolute atomic E-state index is 12.1. The second-order valence-electron chi connectivity index (χ2n) is 4.01. The summed E-state index contributed by atoms with van der Waals surface area (Å²) in [4.78, 5) is 13.7. The third-order valence-electron chi connectivity index (χ3n) is 2.18. The number of hydrogen-bond acceptors (Lipinski definition) is 3. The molecule has 0 fully saturated rings. The van der Waals surface area contributed by atoms with Crippen molar-refractivity contribution in [1.82, 2.24) is 9.80 Å². The Morgan fingerprint density at radius 3 is 2.24 bits per heavy atom. The zero-order chi connectivity index (χ0) is 13.5. The van der Waals surface area contributed by atoms with E-state index in [9.17, 15) is 18.0 Å². The van der Waals surface area contributed by atoms with Gasteiger partial charge in [-0.2, -0.15) is 13.2 Å². The highest BCUT2D eigenvalue weighted by molar-refractivity contribution is 5.75. The summed E-state index contributed by atoms with van der Waals surface area (Å²) in [6.45, 7) is -1.25.